The van der Waals surface area contributed by atoms with E-state index in [-0.39, 0.29) is 27.9 Å². The molecule has 3 aromatic heterocycles. The number of nitrogens with one attached hydrogen (secondary N) is 2. The number of rotatable bonds is 10. The molecule has 4 heterocycles. The highest BCUT2D eigenvalue weighted by Crippen LogP contribution is 2.33. The molecule has 1 amide bonds. The Kier molecular flexibility index (Phi) is 7.58. The van der Waals surface area contributed by atoms with Crippen LogP contribution in [0.1, 0.15) is 54.1 Å². The largest absolute Gasteiger partial charge is 0.477 e. The maximum Gasteiger partial charge on any atom is 0.280 e. The first kappa shape index (κ1) is 25.4. The Morgan fingerprint density at radius 1 is 1.16 bits per heavy atom. The molecule has 196 valence electrons. The molecule has 1 aliphatic heterocycles. The second-order valence-electron chi connectivity index (χ2n) is 8.78. The number of amides is 1. The van der Waals surface area contributed by atoms with Crippen LogP contribution in [0.3, 0.4) is 0 Å². The summed E-state index contributed by atoms with van der Waals surface area (Å²) in [6.45, 7) is 3.47. The quantitative estimate of drug-likeness (QED) is 0.388. The number of carbonyl (C=O) groups is 1. The molecule has 0 radical (unpaired) electrons. The maximum absolute atomic E-state index is 13.3. The standard InChI is InChI=1S/C23H27N7O5S2/c1-2-35-20-12-24-10-17(28-20)18-11-25-23(36-18)22(31)29-21(14-5-7-34-8-6-14)16-9-19(27-13-26-16)30-37(32,33)15-3-4-15/h9-15,21H,2-8H2,1H3,(H,29,31)(H,26,27,30). The average molecular weight is 546 g/mol. The third-order valence-electron chi connectivity index (χ3n) is 6.10. The van der Waals surface area contributed by atoms with E-state index in [1.807, 2.05) is 6.92 Å². The van der Waals surface area contributed by atoms with Gasteiger partial charge < -0.3 is 14.8 Å². The van der Waals surface area contributed by atoms with Crippen LogP contribution >= 0.6 is 11.3 Å². The van der Waals surface area contributed by atoms with Crippen LogP contribution in [0.25, 0.3) is 10.6 Å². The second kappa shape index (κ2) is 11.0. The molecular formula is C23H27N7O5S2. The highest BCUT2D eigenvalue weighted by Gasteiger charge is 2.36. The molecule has 0 bridgehead atoms. The first-order chi connectivity index (χ1) is 17.9. The van der Waals surface area contributed by atoms with Crippen LogP contribution in [0.5, 0.6) is 5.88 Å². The summed E-state index contributed by atoms with van der Waals surface area (Å²) in [6.07, 6.45) is 8.75. The summed E-state index contributed by atoms with van der Waals surface area (Å²) in [4.78, 5) is 35.3. The fourth-order valence-corrected chi connectivity index (χ4v) is 6.17. The Morgan fingerprint density at radius 2 is 1.97 bits per heavy atom. The average Bonchev–Trinajstić information content (AvgIpc) is 3.66. The van der Waals surface area contributed by atoms with Crippen molar-refractivity contribution in [1.82, 2.24) is 30.2 Å². The van der Waals surface area contributed by atoms with Gasteiger partial charge in [0.25, 0.3) is 5.91 Å². The zero-order valence-electron chi connectivity index (χ0n) is 20.2. The summed E-state index contributed by atoms with van der Waals surface area (Å²) < 4.78 is 38.3. The Bertz CT molecular complexity index is 1360. The molecule has 0 aromatic carbocycles. The summed E-state index contributed by atoms with van der Waals surface area (Å²) in [6, 6.07) is 1.11. The van der Waals surface area contributed by atoms with Crippen molar-refractivity contribution >= 4 is 33.1 Å². The third-order valence-corrected chi connectivity index (χ3v) is 8.96. The highest BCUT2D eigenvalue weighted by atomic mass is 32.2. The number of thiazole rings is 1. The summed E-state index contributed by atoms with van der Waals surface area (Å²) in [5, 5.41) is 2.95. The lowest BCUT2D eigenvalue weighted by molar-refractivity contribution is 0.0508. The zero-order valence-corrected chi connectivity index (χ0v) is 21.8. The van der Waals surface area contributed by atoms with Crippen LogP contribution in [-0.2, 0) is 14.8 Å². The minimum atomic E-state index is -3.48. The van der Waals surface area contributed by atoms with E-state index in [1.54, 1.807) is 18.5 Å². The van der Waals surface area contributed by atoms with Gasteiger partial charge in [0.2, 0.25) is 15.9 Å². The molecule has 3 aromatic rings. The molecule has 1 saturated carbocycles. The van der Waals surface area contributed by atoms with Crippen molar-refractivity contribution in [1.29, 1.82) is 0 Å². The molecule has 1 atom stereocenters. The minimum absolute atomic E-state index is 0.0497. The fourth-order valence-electron chi connectivity index (χ4n) is 4.07. The lowest BCUT2D eigenvalue weighted by atomic mass is 9.89. The van der Waals surface area contributed by atoms with Gasteiger partial charge in [-0.3, -0.25) is 14.5 Å². The highest BCUT2D eigenvalue weighted by molar-refractivity contribution is 7.93. The number of carbonyl (C=O) groups excluding carboxylic acids is 1. The summed E-state index contributed by atoms with van der Waals surface area (Å²) in [7, 11) is -3.48. The van der Waals surface area contributed by atoms with E-state index in [9.17, 15) is 13.2 Å². The molecule has 2 aliphatic rings. The van der Waals surface area contributed by atoms with Gasteiger partial charge in [0.1, 0.15) is 17.8 Å². The van der Waals surface area contributed by atoms with Gasteiger partial charge in [-0.1, -0.05) is 0 Å². The predicted molar refractivity (Wildman–Crippen MR) is 136 cm³/mol. The monoisotopic (exact) mass is 545 g/mol. The SMILES string of the molecule is CCOc1cncc(-c2cnc(C(=O)NC(c3cc(NS(=O)(=O)C4CC4)ncn3)C3CCOCC3)s2)n1. The van der Waals surface area contributed by atoms with Crippen molar-refractivity contribution in [2.75, 3.05) is 24.5 Å². The second-order valence-corrected chi connectivity index (χ2v) is 11.8. The van der Waals surface area contributed by atoms with E-state index in [2.05, 4.69) is 35.0 Å². The maximum atomic E-state index is 13.3. The van der Waals surface area contributed by atoms with Crippen LogP contribution in [0.15, 0.2) is 31.0 Å². The van der Waals surface area contributed by atoms with Gasteiger partial charge in [0, 0.05) is 25.5 Å². The number of hydrogen-bond donors (Lipinski definition) is 2. The minimum Gasteiger partial charge on any atom is -0.477 e. The number of sulfonamides is 1. The van der Waals surface area contributed by atoms with Gasteiger partial charge in [0.05, 0.1) is 40.9 Å². The Morgan fingerprint density at radius 3 is 2.73 bits per heavy atom. The predicted octanol–water partition coefficient (Wildman–Crippen LogP) is 2.59. The van der Waals surface area contributed by atoms with Crippen molar-refractivity contribution in [3.05, 3.63) is 41.7 Å². The van der Waals surface area contributed by atoms with Gasteiger partial charge in [-0.2, -0.15) is 0 Å². The topological polar surface area (TPSA) is 158 Å². The molecule has 14 heteroatoms. The van der Waals surface area contributed by atoms with Gasteiger partial charge in [-0.05, 0) is 38.5 Å². The Balaban J connectivity index is 1.36. The zero-order chi connectivity index (χ0) is 25.8. The van der Waals surface area contributed by atoms with Crippen LogP contribution in [0.2, 0.25) is 0 Å². The van der Waals surface area contributed by atoms with Crippen molar-refractivity contribution in [2.45, 2.75) is 43.9 Å². The molecule has 1 unspecified atom stereocenters. The Labute approximate surface area is 218 Å². The van der Waals surface area contributed by atoms with E-state index in [0.717, 1.165) is 12.8 Å². The first-order valence-electron chi connectivity index (χ1n) is 12.1. The van der Waals surface area contributed by atoms with Crippen LogP contribution < -0.4 is 14.8 Å². The van der Waals surface area contributed by atoms with Crippen LogP contribution in [-0.4, -0.2) is 64.3 Å². The van der Waals surface area contributed by atoms with E-state index in [1.165, 1.54) is 23.9 Å². The molecule has 1 saturated heterocycles. The summed E-state index contributed by atoms with van der Waals surface area (Å²) >= 11 is 1.20. The van der Waals surface area contributed by atoms with E-state index in [0.29, 0.717) is 54.8 Å². The van der Waals surface area contributed by atoms with E-state index < -0.39 is 16.1 Å². The molecular weight excluding hydrogens is 518 g/mol. The molecule has 5 rings (SSSR count). The smallest absolute Gasteiger partial charge is 0.280 e. The lowest BCUT2D eigenvalue weighted by Crippen LogP contribution is -2.36. The van der Waals surface area contributed by atoms with Gasteiger partial charge >= 0.3 is 0 Å². The lowest BCUT2D eigenvalue weighted by Gasteiger charge is -2.30. The van der Waals surface area contributed by atoms with E-state index in [4.69, 9.17) is 9.47 Å². The van der Waals surface area contributed by atoms with E-state index >= 15 is 0 Å². The molecule has 1 aliphatic carbocycles. The fraction of sp³-hybridized carbons (Fsp3) is 0.478. The van der Waals surface area contributed by atoms with Crippen LogP contribution in [0, 0.1) is 5.92 Å². The normalized spacial score (nSPS) is 17.2. The van der Waals surface area contributed by atoms with Crippen molar-refractivity contribution in [3.63, 3.8) is 0 Å². The Hall–Kier alpha value is -3.23. The third kappa shape index (κ3) is 6.19. The summed E-state index contributed by atoms with van der Waals surface area (Å²) in [5.41, 5.74) is 1.09. The molecule has 12 nitrogen and oxygen atoms in total. The molecule has 0 spiro atoms. The number of anilines is 1. The van der Waals surface area contributed by atoms with Crippen molar-refractivity contribution < 1.29 is 22.7 Å². The van der Waals surface area contributed by atoms with Gasteiger partial charge in [-0.25, -0.2) is 28.4 Å². The molecule has 2 fully saturated rings. The number of ether oxygens (including phenoxy) is 2. The van der Waals surface area contributed by atoms with Gasteiger partial charge in [0.15, 0.2) is 5.01 Å². The number of nitrogens with zero attached hydrogens (tertiary/aromatic N) is 5. The molecule has 37 heavy (non-hydrogen) atoms. The van der Waals surface area contributed by atoms with Crippen LogP contribution in [0.4, 0.5) is 5.82 Å². The number of aromatic nitrogens is 5. The van der Waals surface area contributed by atoms with Crippen molar-refractivity contribution in [3.8, 4) is 16.5 Å². The van der Waals surface area contributed by atoms with Gasteiger partial charge in [-0.15, -0.1) is 11.3 Å². The molecule has 2 N–H and O–H groups in total. The number of hydrogen-bond acceptors (Lipinski definition) is 11. The first-order valence-corrected chi connectivity index (χ1v) is 14.4. The summed E-state index contributed by atoms with van der Waals surface area (Å²) in [5.74, 6) is 0.275. The van der Waals surface area contributed by atoms with Crippen molar-refractivity contribution in [2.24, 2.45) is 5.92 Å².